The number of aryl methyl sites for hydroxylation is 1. The SMILES string of the molecule is CC[C@H](C(=O)NCCCN1CCCCC1)n1nc(C)c2sc3ccccc3c2c1=O. The average Bonchev–Trinajstić information content (AvgIpc) is 3.16. The minimum absolute atomic E-state index is 0.121. The average molecular weight is 427 g/mol. The standard InChI is InChI=1S/C23H30N4O2S/c1-3-18(22(28)24-12-9-15-26-13-7-4-8-14-26)27-23(29)20-17-10-5-6-11-19(17)30-21(20)16(2)25-27/h5-6,10-11,18H,3-4,7-9,12-15H2,1-2H3,(H,24,28)/t18-/m1/s1. The van der Waals surface area contributed by atoms with Gasteiger partial charge in [-0.15, -0.1) is 11.3 Å². The van der Waals surface area contributed by atoms with Crippen molar-refractivity contribution >= 4 is 37.4 Å². The lowest BCUT2D eigenvalue weighted by Crippen LogP contribution is -2.40. The molecule has 1 N–H and O–H groups in total. The highest BCUT2D eigenvalue weighted by Crippen LogP contribution is 2.33. The number of likely N-dealkylation sites (tertiary alicyclic amines) is 1. The van der Waals surface area contributed by atoms with E-state index >= 15 is 0 Å². The van der Waals surface area contributed by atoms with E-state index in [0.717, 1.165) is 33.4 Å². The van der Waals surface area contributed by atoms with Gasteiger partial charge >= 0.3 is 0 Å². The smallest absolute Gasteiger partial charge is 0.276 e. The molecule has 1 saturated heterocycles. The largest absolute Gasteiger partial charge is 0.354 e. The van der Waals surface area contributed by atoms with E-state index in [2.05, 4.69) is 15.3 Å². The second kappa shape index (κ2) is 9.27. The van der Waals surface area contributed by atoms with Crippen LogP contribution in [0.5, 0.6) is 0 Å². The lowest BCUT2D eigenvalue weighted by molar-refractivity contribution is -0.124. The first-order chi connectivity index (χ1) is 14.6. The van der Waals surface area contributed by atoms with Crippen molar-refractivity contribution < 1.29 is 4.79 Å². The molecule has 1 aromatic carbocycles. The molecule has 1 atom stereocenters. The molecule has 3 aromatic rings. The van der Waals surface area contributed by atoms with Crippen LogP contribution in [0.1, 0.15) is 50.8 Å². The number of benzene rings is 1. The zero-order chi connectivity index (χ0) is 21.1. The first-order valence-electron chi connectivity index (χ1n) is 11.0. The fourth-order valence-corrected chi connectivity index (χ4v) is 5.51. The number of carbonyl (C=O) groups excluding carboxylic acids is 1. The Labute approximate surface area is 180 Å². The highest BCUT2D eigenvalue weighted by Gasteiger charge is 2.24. The third kappa shape index (κ3) is 4.14. The number of amides is 1. The van der Waals surface area contributed by atoms with Gasteiger partial charge in [-0.1, -0.05) is 31.5 Å². The van der Waals surface area contributed by atoms with Gasteiger partial charge in [0, 0.05) is 16.6 Å². The zero-order valence-corrected chi connectivity index (χ0v) is 18.6. The Bertz CT molecular complexity index is 1100. The summed E-state index contributed by atoms with van der Waals surface area (Å²) in [7, 11) is 0. The molecule has 6 nitrogen and oxygen atoms in total. The molecule has 0 spiro atoms. The Morgan fingerprint density at radius 1 is 1.23 bits per heavy atom. The number of aromatic nitrogens is 2. The Hall–Kier alpha value is -2.25. The van der Waals surface area contributed by atoms with Crippen molar-refractivity contribution in [2.45, 2.75) is 52.0 Å². The number of carbonyl (C=O) groups is 1. The second-order valence-corrected chi connectivity index (χ2v) is 9.16. The van der Waals surface area contributed by atoms with E-state index in [-0.39, 0.29) is 11.5 Å². The van der Waals surface area contributed by atoms with Gasteiger partial charge in [0.2, 0.25) is 5.91 Å². The minimum Gasteiger partial charge on any atom is -0.354 e. The number of nitrogens with zero attached hydrogens (tertiary/aromatic N) is 3. The molecule has 1 amide bonds. The summed E-state index contributed by atoms with van der Waals surface area (Å²) in [5.41, 5.74) is 0.616. The van der Waals surface area contributed by atoms with Crippen LogP contribution in [-0.4, -0.2) is 46.8 Å². The maximum Gasteiger partial charge on any atom is 0.276 e. The van der Waals surface area contributed by atoms with E-state index in [1.54, 1.807) is 11.3 Å². The van der Waals surface area contributed by atoms with E-state index in [9.17, 15) is 9.59 Å². The third-order valence-electron chi connectivity index (χ3n) is 5.99. The minimum atomic E-state index is -0.589. The van der Waals surface area contributed by atoms with Crippen LogP contribution in [0.15, 0.2) is 29.1 Å². The lowest BCUT2D eigenvalue weighted by Gasteiger charge is -2.26. The van der Waals surface area contributed by atoms with Crippen molar-refractivity contribution in [2.75, 3.05) is 26.2 Å². The molecule has 1 aliphatic rings. The third-order valence-corrected chi connectivity index (χ3v) is 7.27. The number of thiophene rings is 1. The quantitative estimate of drug-likeness (QED) is 0.583. The summed E-state index contributed by atoms with van der Waals surface area (Å²) in [5.74, 6) is -0.121. The Morgan fingerprint density at radius 3 is 2.77 bits per heavy atom. The van der Waals surface area contributed by atoms with E-state index in [1.807, 2.05) is 38.1 Å². The number of nitrogens with one attached hydrogen (secondary N) is 1. The van der Waals surface area contributed by atoms with E-state index in [1.165, 1.54) is 37.0 Å². The summed E-state index contributed by atoms with van der Waals surface area (Å²) in [6.45, 7) is 7.82. The van der Waals surface area contributed by atoms with Crippen LogP contribution in [0.2, 0.25) is 0 Å². The van der Waals surface area contributed by atoms with Gasteiger partial charge in [-0.25, -0.2) is 4.68 Å². The zero-order valence-electron chi connectivity index (χ0n) is 17.8. The van der Waals surface area contributed by atoms with Gasteiger partial charge in [0.1, 0.15) is 6.04 Å². The Balaban J connectivity index is 1.52. The number of rotatable bonds is 7. The van der Waals surface area contributed by atoms with Crippen molar-refractivity contribution in [3.8, 4) is 0 Å². The molecular weight excluding hydrogens is 396 g/mol. The second-order valence-electron chi connectivity index (χ2n) is 8.11. The maximum atomic E-state index is 13.3. The van der Waals surface area contributed by atoms with Crippen molar-refractivity contribution in [1.29, 1.82) is 0 Å². The van der Waals surface area contributed by atoms with Crippen LogP contribution < -0.4 is 10.9 Å². The lowest BCUT2D eigenvalue weighted by atomic mass is 10.1. The van der Waals surface area contributed by atoms with Gasteiger partial charge in [0.25, 0.3) is 5.56 Å². The predicted molar refractivity (Wildman–Crippen MR) is 123 cm³/mol. The molecule has 0 radical (unpaired) electrons. The topological polar surface area (TPSA) is 67.2 Å². The molecule has 160 valence electrons. The summed E-state index contributed by atoms with van der Waals surface area (Å²) >= 11 is 1.59. The molecule has 3 heterocycles. The van der Waals surface area contributed by atoms with Gasteiger partial charge in [0.15, 0.2) is 0 Å². The normalized spacial score (nSPS) is 16.2. The molecule has 1 aliphatic heterocycles. The van der Waals surface area contributed by atoms with Crippen LogP contribution in [-0.2, 0) is 4.79 Å². The van der Waals surface area contributed by atoms with Crippen molar-refractivity contribution in [2.24, 2.45) is 0 Å². The fourth-order valence-electron chi connectivity index (χ4n) is 4.38. The number of hydrogen-bond acceptors (Lipinski definition) is 5. The van der Waals surface area contributed by atoms with E-state index in [4.69, 9.17) is 0 Å². The summed E-state index contributed by atoms with van der Waals surface area (Å²) in [4.78, 5) is 28.7. The number of hydrogen-bond donors (Lipinski definition) is 1. The predicted octanol–water partition coefficient (Wildman–Crippen LogP) is 3.86. The van der Waals surface area contributed by atoms with Crippen LogP contribution in [0.3, 0.4) is 0 Å². The molecule has 2 aromatic heterocycles. The summed E-state index contributed by atoms with van der Waals surface area (Å²) in [6.07, 6.45) is 5.34. The van der Waals surface area contributed by atoms with E-state index in [0.29, 0.717) is 18.4 Å². The molecule has 30 heavy (non-hydrogen) atoms. The van der Waals surface area contributed by atoms with Gasteiger partial charge in [-0.05, 0) is 58.3 Å². The van der Waals surface area contributed by atoms with Crippen molar-refractivity contribution in [3.63, 3.8) is 0 Å². The van der Waals surface area contributed by atoms with E-state index < -0.39 is 6.04 Å². The molecule has 0 unspecified atom stereocenters. The van der Waals surface area contributed by atoms with Crippen molar-refractivity contribution in [1.82, 2.24) is 20.0 Å². The molecule has 7 heteroatoms. The van der Waals surface area contributed by atoms with Gasteiger partial charge in [-0.2, -0.15) is 5.10 Å². The first-order valence-corrected chi connectivity index (χ1v) is 11.8. The molecular formula is C23H30N4O2S. The summed E-state index contributed by atoms with van der Waals surface area (Å²) < 4.78 is 3.38. The van der Waals surface area contributed by atoms with Crippen LogP contribution in [0.4, 0.5) is 0 Å². The molecule has 1 fully saturated rings. The molecule has 0 bridgehead atoms. The summed E-state index contributed by atoms with van der Waals surface area (Å²) in [5, 5.41) is 9.19. The first kappa shape index (κ1) is 21.0. The van der Waals surface area contributed by atoms with Crippen molar-refractivity contribution in [3.05, 3.63) is 40.3 Å². The molecule has 0 aliphatic carbocycles. The van der Waals surface area contributed by atoms with Crippen LogP contribution in [0.25, 0.3) is 20.2 Å². The maximum absolute atomic E-state index is 13.3. The number of fused-ring (bicyclic) bond motifs is 3. The fraction of sp³-hybridized carbons (Fsp3) is 0.522. The highest BCUT2D eigenvalue weighted by atomic mass is 32.1. The van der Waals surface area contributed by atoms with Gasteiger partial charge < -0.3 is 10.2 Å². The molecule has 4 rings (SSSR count). The monoisotopic (exact) mass is 426 g/mol. The van der Waals surface area contributed by atoms with Crippen LogP contribution in [0, 0.1) is 6.92 Å². The van der Waals surface area contributed by atoms with Gasteiger partial charge in [-0.3, -0.25) is 9.59 Å². The Kier molecular flexibility index (Phi) is 6.49. The summed E-state index contributed by atoms with van der Waals surface area (Å²) in [6, 6.07) is 7.33. The Morgan fingerprint density at radius 2 is 2.00 bits per heavy atom. The van der Waals surface area contributed by atoms with Crippen LogP contribution >= 0.6 is 11.3 Å². The highest BCUT2D eigenvalue weighted by molar-refractivity contribution is 7.26. The molecule has 0 saturated carbocycles. The number of piperidine rings is 1. The van der Waals surface area contributed by atoms with Gasteiger partial charge in [0.05, 0.1) is 15.8 Å².